The predicted molar refractivity (Wildman–Crippen MR) is 85.6 cm³/mol. The number of hydrogen-bond donors (Lipinski definition) is 1. The van der Waals surface area contributed by atoms with Gasteiger partial charge in [0.05, 0.1) is 12.2 Å². The highest BCUT2D eigenvalue weighted by Gasteiger charge is 2.40. The summed E-state index contributed by atoms with van der Waals surface area (Å²) in [7, 11) is -2.61. The van der Waals surface area contributed by atoms with E-state index in [1.807, 2.05) is 4.72 Å². The van der Waals surface area contributed by atoms with E-state index in [1.54, 1.807) is 11.9 Å². The molecule has 0 radical (unpaired) electrons. The molecule has 2 aliphatic rings. The highest BCUT2D eigenvalue weighted by Crippen LogP contribution is 2.29. The summed E-state index contributed by atoms with van der Waals surface area (Å²) >= 11 is 5.88. The summed E-state index contributed by atoms with van der Waals surface area (Å²) in [6, 6.07) is 0.178. The molecular weight excluding hydrogens is 356 g/mol. The minimum Gasteiger partial charge on any atom is -0.339 e. The minimum absolute atomic E-state index is 0.0355. The predicted octanol–water partition coefficient (Wildman–Crippen LogP) is 0.669. The molecule has 3 rings (SSSR count). The van der Waals surface area contributed by atoms with E-state index >= 15 is 0 Å². The number of nitrogens with zero attached hydrogens (tertiary/aromatic N) is 3. The van der Waals surface area contributed by atoms with Crippen LogP contribution in [0, 0.1) is 5.92 Å². The number of halogens is 1. The van der Waals surface area contributed by atoms with Gasteiger partial charge in [-0.3, -0.25) is 9.59 Å². The van der Waals surface area contributed by atoms with Crippen LogP contribution in [-0.2, 0) is 26.7 Å². The van der Waals surface area contributed by atoms with Crippen molar-refractivity contribution < 1.29 is 18.0 Å². The van der Waals surface area contributed by atoms with Gasteiger partial charge in [0, 0.05) is 26.1 Å². The molecule has 1 saturated heterocycles. The molecule has 1 aromatic heterocycles. The Balaban J connectivity index is 1.69. The quantitative estimate of drug-likeness (QED) is 0.834. The summed E-state index contributed by atoms with van der Waals surface area (Å²) in [5, 5.41) is -0.470. The molecule has 0 bridgehead atoms. The van der Waals surface area contributed by atoms with Crippen molar-refractivity contribution in [2.24, 2.45) is 13.0 Å². The third-order valence-corrected chi connectivity index (χ3v) is 6.45. The second kappa shape index (κ2) is 6.36. The summed E-state index contributed by atoms with van der Waals surface area (Å²) in [6.07, 6.45) is 5.34. The third-order valence-electron chi connectivity index (χ3n) is 4.62. The van der Waals surface area contributed by atoms with Crippen LogP contribution in [0.25, 0.3) is 0 Å². The molecule has 0 spiro atoms. The molecule has 1 saturated carbocycles. The van der Waals surface area contributed by atoms with Gasteiger partial charge < -0.3 is 9.47 Å². The summed E-state index contributed by atoms with van der Waals surface area (Å²) in [5.74, 6) is -1.45. The first-order valence-corrected chi connectivity index (χ1v) is 9.68. The maximum Gasteiger partial charge on any atom is 0.284 e. The minimum atomic E-state index is -4.15. The molecule has 132 valence electrons. The maximum absolute atomic E-state index is 12.3. The van der Waals surface area contributed by atoms with Crippen molar-refractivity contribution in [3.63, 3.8) is 0 Å². The van der Waals surface area contributed by atoms with Crippen LogP contribution < -0.4 is 4.72 Å². The van der Waals surface area contributed by atoms with Gasteiger partial charge in [0.25, 0.3) is 10.0 Å². The fraction of sp³-hybridized carbons (Fsp3) is 0.643. The van der Waals surface area contributed by atoms with Crippen LogP contribution in [0.3, 0.4) is 0 Å². The van der Waals surface area contributed by atoms with Crippen LogP contribution in [0.15, 0.2) is 11.4 Å². The second-order valence-electron chi connectivity index (χ2n) is 6.31. The zero-order valence-electron chi connectivity index (χ0n) is 13.2. The van der Waals surface area contributed by atoms with Crippen molar-refractivity contribution in [3.05, 3.63) is 11.5 Å². The van der Waals surface area contributed by atoms with Gasteiger partial charge in [-0.05, 0) is 12.8 Å². The number of nitrogens with one attached hydrogen (secondary N) is 1. The van der Waals surface area contributed by atoms with E-state index in [0.717, 1.165) is 25.7 Å². The van der Waals surface area contributed by atoms with Gasteiger partial charge in [-0.2, -0.15) is 8.42 Å². The molecule has 0 aromatic carbocycles. The number of carbonyl (C=O) groups is 2. The number of aromatic nitrogens is 2. The molecule has 1 atom stereocenters. The summed E-state index contributed by atoms with van der Waals surface area (Å²) in [5.41, 5.74) is 0. The Morgan fingerprint density at radius 3 is 2.62 bits per heavy atom. The van der Waals surface area contributed by atoms with Crippen LogP contribution >= 0.6 is 11.6 Å². The van der Waals surface area contributed by atoms with E-state index in [9.17, 15) is 18.0 Å². The molecule has 1 N–H and O–H groups in total. The number of amides is 2. The molecule has 8 nitrogen and oxygen atoms in total. The average Bonchev–Trinajstić information content (AvgIpc) is 3.20. The van der Waals surface area contributed by atoms with Crippen molar-refractivity contribution in [2.75, 3.05) is 6.54 Å². The van der Waals surface area contributed by atoms with Gasteiger partial charge >= 0.3 is 0 Å². The highest BCUT2D eigenvalue weighted by molar-refractivity contribution is 7.90. The summed E-state index contributed by atoms with van der Waals surface area (Å²) in [4.78, 5) is 29.9. The Morgan fingerprint density at radius 1 is 1.38 bits per heavy atom. The lowest BCUT2D eigenvalue weighted by molar-refractivity contribution is -0.130. The van der Waals surface area contributed by atoms with Crippen LogP contribution in [0.2, 0.25) is 5.15 Å². The zero-order valence-corrected chi connectivity index (χ0v) is 14.8. The first-order chi connectivity index (χ1) is 11.3. The number of aryl methyl sites for hydroxylation is 1. The lowest BCUT2D eigenvalue weighted by Gasteiger charge is -2.23. The molecule has 24 heavy (non-hydrogen) atoms. The SMILES string of the molecule is Cn1cnc(S(=O)(=O)NC(=O)[C@H]2CC(=O)N(C3CCCC3)C2)c1Cl. The van der Waals surface area contributed by atoms with Gasteiger partial charge in [0.15, 0.2) is 0 Å². The molecule has 1 aliphatic heterocycles. The van der Waals surface area contributed by atoms with E-state index in [1.165, 1.54) is 10.9 Å². The monoisotopic (exact) mass is 374 g/mol. The molecule has 1 aliphatic carbocycles. The van der Waals surface area contributed by atoms with E-state index < -0.39 is 26.9 Å². The number of imidazole rings is 1. The average molecular weight is 375 g/mol. The fourth-order valence-corrected chi connectivity index (χ4v) is 4.79. The highest BCUT2D eigenvalue weighted by atomic mass is 35.5. The van der Waals surface area contributed by atoms with Gasteiger partial charge in [0.1, 0.15) is 5.15 Å². The van der Waals surface area contributed by atoms with E-state index in [-0.39, 0.29) is 30.1 Å². The Morgan fingerprint density at radius 2 is 2.04 bits per heavy atom. The smallest absolute Gasteiger partial charge is 0.284 e. The van der Waals surface area contributed by atoms with Crippen LogP contribution in [0.4, 0.5) is 0 Å². The molecule has 2 fully saturated rings. The summed E-state index contributed by atoms with van der Waals surface area (Å²) < 4.78 is 27.9. The molecular formula is C14H19ClN4O4S. The van der Waals surface area contributed by atoms with Crippen molar-refractivity contribution in [3.8, 4) is 0 Å². The van der Waals surface area contributed by atoms with Crippen LogP contribution in [-0.4, -0.2) is 47.3 Å². The Kier molecular flexibility index (Phi) is 4.56. The van der Waals surface area contributed by atoms with Gasteiger partial charge in [0.2, 0.25) is 16.8 Å². The largest absolute Gasteiger partial charge is 0.339 e. The zero-order chi connectivity index (χ0) is 17.5. The third kappa shape index (κ3) is 3.14. The van der Waals surface area contributed by atoms with Crippen molar-refractivity contribution >= 4 is 33.4 Å². The van der Waals surface area contributed by atoms with Gasteiger partial charge in [-0.1, -0.05) is 24.4 Å². The molecule has 2 amide bonds. The lowest BCUT2D eigenvalue weighted by Crippen LogP contribution is -2.39. The van der Waals surface area contributed by atoms with Gasteiger partial charge in [-0.25, -0.2) is 9.71 Å². The normalized spacial score (nSPS) is 22.3. The first-order valence-electron chi connectivity index (χ1n) is 7.82. The van der Waals surface area contributed by atoms with Crippen molar-refractivity contribution in [1.29, 1.82) is 0 Å². The second-order valence-corrected chi connectivity index (χ2v) is 8.26. The maximum atomic E-state index is 12.3. The van der Waals surface area contributed by atoms with E-state index in [0.29, 0.717) is 0 Å². The Hall–Kier alpha value is -1.61. The lowest BCUT2D eigenvalue weighted by atomic mass is 10.1. The van der Waals surface area contributed by atoms with E-state index in [4.69, 9.17) is 11.6 Å². The Labute approximate surface area is 145 Å². The summed E-state index contributed by atoms with van der Waals surface area (Å²) in [6.45, 7) is 0.265. The molecule has 0 unspecified atom stereocenters. The molecule has 10 heteroatoms. The van der Waals surface area contributed by atoms with Gasteiger partial charge in [-0.15, -0.1) is 0 Å². The van der Waals surface area contributed by atoms with Crippen molar-refractivity contribution in [2.45, 2.75) is 43.2 Å². The first kappa shape index (κ1) is 17.2. The number of sulfonamides is 1. The number of rotatable bonds is 4. The number of hydrogen-bond acceptors (Lipinski definition) is 5. The van der Waals surface area contributed by atoms with E-state index in [2.05, 4.69) is 4.98 Å². The van der Waals surface area contributed by atoms with Crippen molar-refractivity contribution in [1.82, 2.24) is 19.2 Å². The topological polar surface area (TPSA) is 101 Å². The molecule has 2 heterocycles. The number of carbonyl (C=O) groups excluding carboxylic acids is 2. The standard InChI is InChI=1S/C14H19ClN4O4S/c1-18-8-16-14(12(18)15)24(22,23)17-13(21)9-6-11(20)19(7-9)10-4-2-3-5-10/h8-10H,2-7H2,1H3,(H,17,21)/t9-/m0/s1. The molecule has 1 aromatic rings. The Bertz CT molecular complexity index is 770. The van der Waals surface area contributed by atoms with Crippen LogP contribution in [0.5, 0.6) is 0 Å². The number of likely N-dealkylation sites (tertiary alicyclic amines) is 1. The van der Waals surface area contributed by atoms with Crippen LogP contribution in [0.1, 0.15) is 32.1 Å². The fourth-order valence-electron chi connectivity index (χ4n) is 3.31.